The minimum absolute atomic E-state index is 0.154. The van der Waals surface area contributed by atoms with Crippen LogP contribution in [-0.2, 0) is 13.0 Å². The summed E-state index contributed by atoms with van der Waals surface area (Å²) < 4.78 is 5.18. The van der Waals surface area contributed by atoms with Crippen LogP contribution in [0.15, 0.2) is 72.8 Å². The third-order valence-electron chi connectivity index (χ3n) is 5.11. The lowest BCUT2D eigenvalue weighted by Crippen LogP contribution is -2.29. The quantitative estimate of drug-likeness (QED) is 0.701. The lowest BCUT2D eigenvalue weighted by Gasteiger charge is -2.16. The van der Waals surface area contributed by atoms with Crippen molar-refractivity contribution in [3.63, 3.8) is 0 Å². The highest BCUT2D eigenvalue weighted by molar-refractivity contribution is 6.16. The van der Waals surface area contributed by atoms with Crippen LogP contribution in [0.25, 0.3) is 0 Å². The fourth-order valence-electron chi connectivity index (χ4n) is 3.58. The maximum absolute atomic E-state index is 13.1. The van der Waals surface area contributed by atoms with Crippen LogP contribution in [0, 0.1) is 0 Å². The van der Waals surface area contributed by atoms with Crippen molar-refractivity contribution in [2.75, 3.05) is 18.6 Å². The van der Waals surface area contributed by atoms with Crippen molar-refractivity contribution in [2.45, 2.75) is 13.0 Å². The van der Waals surface area contributed by atoms with E-state index in [0.717, 1.165) is 29.0 Å². The van der Waals surface area contributed by atoms with E-state index in [1.165, 1.54) is 0 Å². The summed E-state index contributed by atoms with van der Waals surface area (Å²) >= 11 is 0. The van der Waals surface area contributed by atoms with Gasteiger partial charge in [-0.1, -0.05) is 42.5 Å². The maximum atomic E-state index is 13.1. The molecule has 2 amide bonds. The van der Waals surface area contributed by atoms with Crippen LogP contribution in [0.1, 0.15) is 31.8 Å². The molecule has 1 aliphatic rings. The van der Waals surface area contributed by atoms with Crippen LogP contribution in [0.4, 0.5) is 5.69 Å². The number of hydrogen-bond donors (Lipinski definition) is 1. The maximum Gasteiger partial charge on any atom is 0.259 e. The first-order valence-electron chi connectivity index (χ1n) is 9.57. The van der Waals surface area contributed by atoms with Gasteiger partial charge in [0.1, 0.15) is 5.75 Å². The van der Waals surface area contributed by atoms with E-state index in [4.69, 9.17) is 4.74 Å². The molecule has 1 heterocycles. The lowest BCUT2D eigenvalue weighted by atomic mass is 10.0. The lowest BCUT2D eigenvalue weighted by molar-refractivity contribution is 0.0937. The first-order valence-corrected chi connectivity index (χ1v) is 9.57. The second-order valence-corrected chi connectivity index (χ2v) is 6.92. The molecule has 0 unspecified atom stereocenters. The molecule has 0 aliphatic carbocycles. The topological polar surface area (TPSA) is 58.6 Å². The number of carbonyl (C=O) groups is 2. The van der Waals surface area contributed by atoms with Crippen LogP contribution < -0.4 is 15.0 Å². The molecule has 5 nitrogen and oxygen atoms in total. The van der Waals surface area contributed by atoms with E-state index >= 15 is 0 Å². The van der Waals surface area contributed by atoms with E-state index in [0.29, 0.717) is 24.2 Å². The fourth-order valence-corrected chi connectivity index (χ4v) is 3.58. The highest BCUT2D eigenvalue weighted by Gasteiger charge is 2.32. The third kappa shape index (κ3) is 3.85. The van der Waals surface area contributed by atoms with Gasteiger partial charge in [0.05, 0.1) is 24.8 Å². The van der Waals surface area contributed by atoms with Crippen LogP contribution in [0.5, 0.6) is 5.75 Å². The Labute approximate surface area is 169 Å². The molecule has 146 valence electrons. The molecule has 0 fully saturated rings. The SMILES string of the molecule is COc1ccc(N2Cc3cccc(C(=O)NCCc4ccccc4)c3C2=O)cc1. The molecule has 5 heteroatoms. The standard InChI is InChI=1S/C24H22N2O3/c1-29-20-12-10-19(11-13-20)26-16-18-8-5-9-21(22(18)24(26)28)23(27)25-15-14-17-6-3-2-4-7-17/h2-13H,14-16H2,1H3,(H,25,27). The Morgan fingerprint density at radius 2 is 1.76 bits per heavy atom. The van der Waals surface area contributed by atoms with E-state index in [2.05, 4.69) is 5.32 Å². The van der Waals surface area contributed by atoms with E-state index in [1.54, 1.807) is 18.1 Å². The van der Waals surface area contributed by atoms with E-state index in [9.17, 15) is 9.59 Å². The Kier molecular flexibility index (Phi) is 5.29. The normalized spacial score (nSPS) is 12.6. The molecule has 3 aromatic carbocycles. The Morgan fingerprint density at radius 1 is 1.00 bits per heavy atom. The Bertz CT molecular complexity index is 1030. The number of amides is 2. The van der Waals surface area contributed by atoms with Gasteiger partial charge >= 0.3 is 0 Å². The van der Waals surface area contributed by atoms with E-state index < -0.39 is 0 Å². The third-order valence-corrected chi connectivity index (χ3v) is 5.11. The van der Waals surface area contributed by atoms with Crippen LogP contribution >= 0.6 is 0 Å². The molecule has 1 N–H and O–H groups in total. The van der Waals surface area contributed by atoms with Gasteiger partial charge in [-0.05, 0) is 47.9 Å². The van der Waals surface area contributed by atoms with Gasteiger partial charge in [0.15, 0.2) is 0 Å². The zero-order chi connectivity index (χ0) is 20.2. The van der Waals surface area contributed by atoms with Gasteiger partial charge in [0.25, 0.3) is 11.8 Å². The fraction of sp³-hybridized carbons (Fsp3) is 0.167. The summed E-state index contributed by atoms with van der Waals surface area (Å²) in [6.45, 7) is 0.967. The summed E-state index contributed by atoms with van der Waals surface area (Å²) in [7, 11) is 1.61. The number of methoxy groups -OCH3 is 1. The average molecular weight is 386 g/mol. The molecule has 29 heavy (non-hydrogen) atoms. The summed E-state index contributed by atoms with van der Waals surface area (Å²) in [5, 5.41) is 2.94. The zero-order valence-corrected chi connectivity index (χ0v) is 16.2. The molecule has 0 radical (unpaired) electrons. The predicted octanol–water partition coefficient (Wildman–Crippen LogP) is 3.83. The van der Waals surface area contributed by atoms with Crippen LogP contribution in [-0.4, -0.2) is 25.5 Å². The molecular weight excluding hydrogens is 364 g/mol. The molecule has 0 atom stereocenters. The largest absolute Gasteiger partial charge is 0.497 e. The number of fused-ring (bicyclic) bond motifs is 1. The summed E-state index contributed by atoms with van der Waals surface area (Å²) in [6.07, 6.45) is 0.744. The second kappa shape index (κ2) is 8.19. The van der Waals surface area contributed by atoms with E-state index in [1.807, 2.05) is 66.7 Å². The molecule has 0 spiro atoms. The number of ether oxygens (including phenoxy) is 1. The van der Waals surface area contributed by atoms with Crippen molar-refractivity contribution < 1.29 is 14.3 Å². The minimum Gasteiger partial charge on any atom is -0.497 e. The number of carbonyl (C=O) groups excluding carboxylic acids is 2. The first-order chi connectivity index (χ1) is 14.2. The predicted molar refractivity (Wildman–Crippen MR) is 112 cm³/mol. The molecule has 3 aromatic rings. The number of rotatable bonds is 6. The average Bonchev–Trinajstić information content (AvgIpc) is 3.11. The van der Waals surface area contributed by atoms with Crippen molar-refractivity contribution in [1.82, 2.24) is 5.32 Å². The van der Waals surface area contributed by atoms with Gasteiger partial charge in [-0.25, -0.2) is 0 Å². The van der Waals surface area contributed by atoms with Crippen LogP contribution in [0.3, 0.4) is 0 Å². The summed E-state index contributed by atoms with van der Waals surface area (Å²) in [4.78, 5) is 27.5. The Morgan fingerprint density at radius 3 is 2.48 bits per heavy atom. The molecule has 0 aromatic heterocycles. The van der Waals surface area contributed by atoms with Crippen LogP contribution in [0.2, 0.25) is 0 Å². The number of nitrogens with zero attached hydrogens (tertiary/aromatic N) is 1. The highest BCUT2D eigenvalue weighted by atomic mass is 16.5. The summed E-state index contributed by atoms with van der Waals surface area (Å²) in [5.41, 5.74) is 3.72. The molecule has 1 aliphatic heterocycles. The number of nitrogens with one attached hydrogen (secondary N) is 1. The van der Waals surface area contributed by atoms with Gasteiger partial charge in [-0.15, -0.1) is 0 Å². The highest BCUT2D eigenvalue weighted by Crippen LogP contribution is 2.31. The minimum atomic E-state index is -0.220. The smallest absolute Gasteiger partial charge is 0.259 e. The van der Waals surface area contributed by atoms with Gasteiger partial charge in [-0.2, -0.15) is 0 Å². The Balaban J connectivity index is 1.50. The summed E-state index contributed by atoms with van der Waals surface area (Å²) in [6, 6.07) is 22.8. The van der Waals surface area contributed by atoms with Gasteiger partial charge in [0.2, 0.25) is 0 Å². The number of benzene rings is 3. The monoisotopic (exact) mass is 386 g/mol. The zero-order valence-electron chi connectivity index (χ0n) is 16.2. The van der Waals surface area contributed by atoms with Crippen molar-refractivity contribution in [2.24, 2.45) is 0 Å². The molecule has 0 saturated carbocycles. The van der Waals surface area contributed by atoms with Crippen molar-refractivity contribution in [3.8, 4) is 5.75 Å². The molecule has 4 rings (SSSR count). The van der Waals surface area contributed by atoms with Gasteiger partial charge in [-0.3, -0.25) is 9.59 Å². The number of hydrogen-bond acceptors (Lipinski definition) is 3. The Hall–Kier alpha value is -3.60. The second-order valence-electron chi connectivity index (χ2n) is 6.92. The van der Waals surface area contributed by atoms with Crippen molar-refractivity contribution in [3.05, 3.63) is 95.1 Å². The van der Waals surface area contributed by atoms with E-state index in [-0.39, 0.29) is 11.8 Å². The van der Waals surface area contributed by atoms with Gasteiger partial charge < -0.3 is 15.0 Å². The number of anilines is 1. The first kappa shape index (κ1) is 18.7. The van der Waals surface area contributed by atoms with Crippen molar-refractivity contribution >= 4 is 17.5 Å². The van der Waals surface area contributed by atoms with Gasteiger partial charge in [0, 0.05) is 12.2 Å². The molecular formula is C24H22N2O3. The summed E-state index contributed by atoms with van der Waals surface area (Å²) in [5.74, 6) is 0.359. The van der Waals surface area contributed by atoms with Crippen molar-refractivity contribution in [1.29, 1.82) is 0 Å². The molecule has 0 saturated heterocycles. The molecule has 0 bridgehead atoms.